The van der Waals surface area contributed by atoms with Crippen LogP contribution in [0.15, 0.2) is 30.3 Å². The molecular weight excluding hydrogens is 262 g/mol. The number of hydrogen-bond acceptors (Lipinski definition) is 2. The van der Waals surface area contributed by atoms with E-state index in [9.17, 15) is 9.59 Å². The SMILES string of the molecule is Cc1cc(C)c(N2C(=O)c3ccc(C)cc3C2=O)c(C)c1. The van der Waals surface area contributed by atoms with Gasteiger partial charge in [-0.3, -0.25) is 9.59 Å². The van der Waals surface area contributed by atoms with E-state index >= 15 is 0 Å². The summed E-state index contributed by atoms with van der Waals surface area (Å²) in [6, 6.07) is 9.38. The van der Waals surface area contributed by atoms with Gasteiger partial charge in [-0.25, -0.2) is 4.90 Å². The van der Waals surface area contributed by atoms with E-state index in [4.69, 9.17) is 0 Å². The first-order chi connectivity index (χ1) is 9.90. The third-order valence-corrected chi connectivity index (χ3v) is 3.90. The molecule has 1 aliphatic rings. The average Bonchev–Trinajstić information content (AvgIpc) is 2.62. The highest BCUT2D eigenvalue weighted by molar-refractivity contribution is 6.34. The first kappa shape index (κ1) is 13.6. The van der Waals surface area contributed by atoms with Crippen molar-refractivity contribution in [1.82, 2.24) is 0 Å². The van der Waals surface area contributed by atoms with Gasteiger partial charge in [0.1, 0.15) is 0 Å². The van der Waals surface area contributed by atoms with Crippen LogP contribution in [0.1, 0.15) is 43.0 Å². The van der Waals surface area contributed by atoms with Crippen molar-refractivity contribution in [1.29, 1.82) is 0 Å². The number of benzene rings is 2. The largest absolute Gasteiger partial charge is 0.268 e. The summed E-state index contributed by atoms with van der Waals surface area (Å²) < 4.78 is 0. The second-order valence-corrected chi connectivity index (χ2v) is 5.74. The van der Waals surface area contributed by atoms with Crippen LogP contribution in [0.4, 0.5) is 5.69 Å². The molecule has 1 heterocycles. The lowest BCUT2D eigenvalue weighted by molar-refractivity contribution is 0.0925. The predicted octanol–water partition coefficient (Wildman–Crippen LogP) is 3.72. The van der Waals surface area contributed by atoms with E-state index in [0.717, 1.165) is 22.3 Å². The highest BCUT2D eigenvalue weighted by Crippen LogP contribution is 2.33. The van der Waals surface area contributed by atoms with Gasteiger partial charge in [0, 0.05) is 0 Å². The van der Waals surface area contributed by atoms with Gasteiger partial charge in [-0.05, 0) is 51.0 Å². The maximum atomic E-state index is 12.7. The molecule has 0 saturated heterocycles. The van der Waals surface area contributed by atoms with Crippen molar-refractivity contribution in [3.8, 4) is 0 Å². The van der Waals surface area contributed by atoms with Crippen LogP contribution in [-0.2, 0) is 0 Å². The summed E-state index contributed by atoms with van der Waals surface area (Å²) in [5.41, 5.74) is 5.70. The quantitative estimate of drug-likeness (QED) is 0.746. The molecule has 1 aliphatic heterocycles. The van der Waals surface area contributed by atoms with Gasteiger partial charge >= 0.3 is 0 Å². The molecule has 0 atom stereocenters. The summed E-state index contributed by atoms with van der Waals surface area (Å²) in [5.74, 6) is -0.459. The number of anilines is 1. The molecule has 2 amide bonds. The molecule has 0 aliphatic carbocycles. The number of aryl methyl sites for hydroxylation is 4. The van der Waals surface area contributed by atoms with Gasteiger partial charge in [0.2, 0.25) is 0 Å². The average molecular weight is 279 g/mol. The minimum absolute atomic E-state index is 0.228. The second-order valence-electron chi connectivity index (χ2n) is 5.74. The molecule has 3 heteroatoms. The Bertz CT molecular complexity index is 767. The third-order valence-electron chi connectivity index (χ3n) is 3.90. The Hall–Kier alpha value is -2.42. The maximum Gasteiger partial charge on any atom is 0.266 e. The van der Waals surface area contributed by atoms with E-state index in [0.29, 0.717) is 16.8 Å². The van der Waals surface area contributed by atoms with E-state index < -0.39 is 0 Å². The van der Waals surface area contributed by atoms with Crippen molar-refractivity contribution < 1.29 is 9.59 Å². The fraction of sp³-hybridized carbons (Fsp3) is 0.222. The van der Waals surface area contributed by atoms with Crippen LogP contribution >= 0.6 is 0 Å². The van der Waals surface area contributed by atoms with Crippen molar-refractivity contribution in [2.75, 3.05) is 4.90 Å². The fourth-order valence-corrected chi connectivity index (χ4v) is 3.08. The summed E-state index contributed by atoms with van der Waals surface area (Å²) in [4.78, 5) is 26.6. The number of nitrogens with zero attached hydrogens (tertiary/aromatic N) is 1. The lowest BCUT2D eigenvalue weighted by atomic mass is 10.0. The highest BCUT2D eigenvalue weighted by Gasteiger charge is 2.37. The lowest BCUT2D eigenvalue weighted by Crippen LogP contribution is -2.30. The summed E-state index contributed by atoms with van der Waals surface area (Å²) >= 11 is 0. The van der Waals surface area contributed by atoms with Gasteiger partial charge in [0.05, 0.1) is 16.8 Å². The van der Waals surface area contributed by atoms with E-state index in [1.165, 1.54) is 4.90 Å². The van der Waals surface area contributed by atoms with E-state index in [2.05, 4.69) is 0 Å². The number of hydrogen-bond donors (Lipinski definition) is 0. The van der Waals surface area contributed by atoms with Gasteiger partial charge in [0.15, 0.2) is 0 Å². The monoisotopic (exact) mass is 279 g/mol. The van der Waals surface area contributed by atoms with Crippen LogP contribution in [0, 0.1) is 27.7 Å². The zero-order valence-corrected chi connectivity index (χ0v) is 12.7. The van der Waals surface area contributed by atoms with Crippen LogP contribution < -0.4 is 4.90 Å². The van der Waals surface area contributed by atoms with Gasteiger partial charge in [-0.15, -0.1) is 0 Å². The Morgan fingerprint density at radius 1 is 0.714 bits per heavy atom. The minimum Gasteiger partial charge on any atom is -0.268 e. The topological polar surface area (TPSA) is 37.4 Å². The van der Waals surface area contributed by atoms with Crippen LogP contribution in [-0.4, -0.2) is 11.8 Å². The first-order valence-corrected chi connectivity index (χ1v) is 6.97. The normalized spacial score (nSPS) is 13.8. The van der Waals surface area contributed by atoms with Crippen LogP contribution in [0.2, 0.25) is 0 Å². The Morgan fingerprint density at radius 2 is 1.29 bits per heavy atom. The molecule has 0 aromatic heterocycles. The van der Waals surface area contributed by atoms with E-state index in [1.807, 2.05) is 45.9 Å². The molecule has 0 saturated carbocycles. The van der Waals surface area contributed by atoms with Crippen LogP contribution in [0.25, 0.3) is 0 Å². The zero-order valence-electron chi connectivity index (χ0n) is 12.7. The standard InChI is InChI=1S/C18H17NO2/c1-10-5-6-14-15(9-10)18(21)19(17(14)20)16-12(3)7-11(2)8-13(16)4/h5-9H,1-4H3. The first-order valence-electron chi connectivity index (χ1n) is 6.97. The van der Waals surface area contributed by atoms with Crippen molar-refractivity contribution in [3.63, 3.8) is 0 Å². The number of fused-ring (bicyclic) bond motifs is 1. The zero-order chi connectivity index (χ0) is 15.3. The molecule has 0 radical (unpaired) electrons. The molecule has 3 rings (SSSR count). The van der Waals surface area contributed by atoms with Crippen LogP contribution in [0.5, 0.6) is 0 Å². The Kier molecular flexibility index (Phi) is 2.94. The molecule has 0 spiro atoms. The van der Waals surface area contributed by atoms with Gasteiger partial charge in [-0.1, -0.05) is 29.3 Å². The van der Waals surface area contributed by atoms with Crippen molar-refractivity contribution in [2.24, 2.45) is 0 Å². The van der Waals surface area contributed by atoms with Crippen molar-refractivity contribution in [3.05, 3.63) is 63.7 Å². The Morgan fingerprint density at radius 3 is 1.90 bits per heavy atom. The summed E-state index contributed by atoms with van der Waals surface area (Å²) in [6.45, 7) is 7.80. The maximum absolute atomic E-state index is 12.7. The van der Waals surface area contributed by atoms with Crippen molar-refractivity contribution in [2.45, 2.75) is 27.7 Å². The Balaban J connectivity index is 2.19. The van der Waals surface area contributed by atoms with Crippen LogP contribution in [0.3, 0.4) is 0 Å². The minimum atomic E-state index is -0.231. The summed E-state index contributed by atoms with van der Waals surface area (Å²) in [6.07, 6.45) is 0. The molecular formula is C18H17NO2. The summed E-state index contributed by atoms with van der Waals surface area (Å²) in [7, 11) is 0. The summed E-state index contributed by atoms with van der Waals surface area (Å²) in [5, 5.41) is 0. The third kappa shape index (κ3) is 1.97. The van der Waals surface area contributed by atoms with E-state index in [1.54, 1.807) is 12.1 Å². The highest BCUT2D eigenvalue weighted by atomic mass is 16.2. The number of imide groups is 1. The molecule has 0 N–H and O–H groups in total. The van der Waals surface area contributed by atoms with Crippen molar-refractivity contribution >= 4 is 17.5 Å². The molecule has 0 bridgehead atoms. The molecule has 2 aromatic rings. The molecule has 3 nitrogen and oxygen atoms in total. The molecule has 0 unspecified atom stereocenters. The number of rotatable bonds is 1. The predicted molar refractivity (Wildman–Crippen MR) is 83.0 cm³/mol. The molecule has 106 valence electrons. The lowest BCUT2D eigenvalue weighted by Gasteiger charge is -2.20. The fourth-order valence-electron chi connectivity index (χ4n) is 3.08. The van der Waals surface area contributed by atoms with Gasteiger partial charge in [0.25, 0.3) is 11.8 Å². The van der Waals surface area contributed by atoms with Gasteiger partial charge < -0.3 is 0 Å². The molecule has 0 fully saturated rings. The number of carbonyl (C=O) groups is 2. The smallest absolute Gasteiger partial charge is 0.266 e. The molecule has 21 heavy (non-hydrogen) atoms. The Labute approximate surface area is 124 Å². The van der Waals surface area contributed by atoms with Gasteiger partial charge in [-0.2, -0.15) is 0 Å². The number of carbonyl (C=O) groups excluding carboxylic acids is 2. The number of amides is 2. The second kappa shape index (κ2) is 4.55. The van der Waals surface area contributed by atoms with E-state index in [-0.39, 0.29) is 11.8 Å². The molecule has 2 aromatic carbocycles.